The third-order valence-electron chi connectivity index (χ3n) is 1.60. The molecule has 6 nitrogen and oxygen atoms in total. The second kappa shape index (κ2) is 6.66. The van der Waals surface area contributed by atoms with Crippen LogP contribution in [0.4, 0.5) is 0 Å². The van der Waals surface area contributed by atoms with Crippen molar-refractivity contribution in [2.24, 2.45) is 0 Å². The molecule has 16 heavy (non-hydrogen) atoms. The Balaban J connectivity index is 2.36. The van der Waals surface area contributed by atoms with Gasteiger partial charge in [-0.25, -0.2) is 4.79 Å². The number of hydrogen-bond donors (Lipinski definition) is 2. The molecule has 88 valence electrons. The predicted octanol–water partition coefficient (Wildman–Crippen LogP) is 0.624. The first kappa shape index (κ1) is 13.2. The molecule has 0 saturated carbocycles. The highest BCUT2D eigenvalue weighted by molar-refractivity contribution is 7.98. The van der Waals surface area contributed by atoms with E-state index in [1.54, 1.807) is 0 Å². The smallest absolute Gasteiger partial charge is 0.327 e. The number of aromatic nitrogens is 2. The number of halogens is 1. The monoisotopic (exact) mass is 281 g/mol. The molecule has 1 amide bonds. The van der Waals surface area contributed by atoms with E-state index in [1.807, 2.05) is 0 Å². The number of nitrogens with zero attached hydrogens (tertiary/aromatic N) is 2. The zero-order chi connectivity index (χ0) is 12.0. The van der Waals surface area contributed by atoms with Crippen molar-refractivity contribution in [1.82, 2.24) is 14.9 Å². The van der Waals surface area contributed by atoms with Gasteiger partial charge in [-0.05, 0) is 0 Å². The van der Waals surface area contributed by atoms with Gasteiger partial charge in [-0.15, -0.1) is 5.10 Å². The lowest BCUT2D eigenvalue weighted by molar-refractivity contribution is -0.139. The molecule has 9 heteroatoms. The summed E-state index contributed by atoms with van der Waals surface area (Å²) in [5, 5.41) is 14.7. The number of aliphatic carboxylic acids is 1. The minimum absolute atomic E-state index is 0.252. The first-order valence-corrected chi connectivity index (χ1v) is 6.42. The van der Waals surface area contributed by atoms with Crippen molar-refractivity contribution in [3.63, 3.8) is 0 Å². The van der Waals surface area contributed by atoms with Gasteiger partial charge in [0.15, 0.2) is 0 Å². The van der Waals surface area contributed by atoms with E-state index in [0.29, 0.717) is 22.2 Å². The molecule has 0 bridgehead atoms. The van der Waals surface area contributed by atoms with Gasteiger partial charge in [0.1, 0.15) is 16.1 Å². The van der Waals surface area contributed by atoms with E-state index in [4.69, 9.17) is 16.7 Å². The lowest BCUT2D eigenvalue weighted by Gasteiger charge is -2.09. The van der Waals surface area contributed by atoms with E-state index in [2.05, 4.69) is 14.9 Å². The summed E-state index contributed by atoms with van der Waals surface area (Å²) >= 11 is 8.17. The topological polar surface area (TPSA) is 92.2 Å². The molecule has 0 aliphatic heterocycles. The van der Waals surface area contributed by atoms with Crippen LogP contribution in [0.15, 0.2) is 0 Å². The Kier molecular flexibility index (Phi) is 5.50. The maximum absolute atomic E-state index is 10.7. The van der Waals surface area contributed by atoms with Crippen molar-refractivity contribution in [3.8, 4) is 0 Å². The summed E-state index contributed by atoms with van der Waals surface area (Å²) in [7, 11) is 0. The number of amides is 1. The molecule has 0 aliphatic rings. The lowest BCUT2D eigenvalue weighted by Crippen LogP contribution is -2.37. The molecule has 1 unspecified atom stereocenters. The number of carbonyl (C=O) groups excluding carboxylic acids is 1. The van der Waals surface area contributed by atoms with Crippen LogP contribution in [0.3, 0.4) is 0 Å². The number of thioether (sulfide) groups is 1. The van der Waals surface area contributed by atoms with E-state index < -0.39 is 12.0 Å². The Morgan fingerprint density at radius 3 is 3.00 bits per heavy atom. The maximum atomic E-state index is 10.7. The van der Waals surface area contributed by atoms with Crippen molar-refractivity contribution in [2.45, 2.75) is 11.8 Å². The fourth-order valence-electron chi connectivity index (χ4n) is 0.829. The summed E-state index contributed by atoms with van der Waals surface area (Å²) < 4.78 is 4.15. The first-order chi connectivity index (χ1) is 7.65. The normalized spacial score (nSPS) is 12.1. The Morgan fingerprint density at radius 1 is 1.75 bits per heavy atom. The molecule has 0 aromatic carbocycles. The second-order valence-electron chi connectivity index (χ2n) is 2.68. The number of rotatable bonds is 7. The molecule has 1 rings (SSSR count). The minimum Gasteiger partial charge on any atom is -0.480 e. The van der Waals surface area contributed by atoms with Gasteiger partial charge in [0, 0.05) is 23.0 Å². The van der Waals surface area contributed by atoms with E-state index >= 15 is 0 Å². The van der Waals surface area contributed by atoms with Crippen LogP contribution >= 0.6 is 34.9 Å². The fraction of sp³-hybridized carbons (Fsp3) is 0.429. The van der Waals surface area contributed by atoms with Gasteiger partial charge >= 0.3 is 5.97 Å². The Labute approximate surface area is 105 Å². The number of carboxylic acids is 1. The average Bonchev–Trinajstić information content (AvgIpc) is 2.63. The number of carboxylic acid groups (broad SMARTS) is 1. The van der Waals surface area contributed by atoms with Gasteiger partial charge in [-0.3, -0.25) is 4.79 Å². The average molecular weight is 282 g/mol. The van der Waals surface area contributed by atoms with Crippen LogP contribution in [0.5, 0.6) is 0 Å². The minimum atomic E-state index is -1.07. The molecule has 1 aromatic heterocycles. The van der Waals surface area contributed by atoms with Crippen LogP contribution in [-0.2, 0) is 15.3 Å². The summed E-state index contributed by atoms with van der Waals surface area (Å²) in [5.41, 5.74) is 0.631. The van der Waals surface area contributed by atoms with Gasteiger partial charge in [-0.2, -0.15) is 11.8 Å². The molecular weight excluding hydrogens is 274 g/mol. The predicted molar refractivity (Wildman–Crippen MR) is 61.7 cm³/mol. The third-order valence-corrected chi connectivity index (χ3v) is 3.63. The zero-order valence-corrected chi connectivity index (χ0v) is 10.3. The Morgan fingerprint density at radius 2 is 2.50 bits per heavy atom. The molecule has 2 N–H and O–H groups in total. The van der Waals surface area contributed by atoms with Crippen LogP contribution in [0.25, 0.3) is 0 Å². The highest BCUT2D eigenvalue weighted by Gasteiger charge is 2.16. The standard InChI is InChI=1S/C7H8ClN3O3S2/c8-6-4(10-11-16-6)1-15-2-5(7(13)14)9-3-12/h3,5H,1-2H2,(H,9,12)(H,13,14). The molecule has 0 radical (unpaired) electrons. The van der Waals surface area contributed by atoms with Crippen LogP contribution in [0, 0.1) is 0 Å². The van der Waals surface area contributed by atoms with Gasteiger partial charge in [0.2, 0.25) is 6.41 Å². The lowest BCUT2D eigenvalue weighted by atomic mass is 10.3. The van der Waals surface area contributed by atoms with E-state index in [9.17, 15) is 9.59 Å². The number of hydrogen-bond acceptors (Lipinski definition) is 6. The summed E-state index contributed by atoms with van der Waals surface area (Å²) in [5.74, 6) is -0.344. The maximum Gasteiger partial charge on any atom is 0.327 e. The van der Waals surface area contributed by atoms with Crippen LogP contribution in [0.2, 0.25) is 4.34 Å². The molecule has 0 saturated heterocycles. The number of nitrogens with one attached hydrogen (secondary N) is 1. The van der Waals surface area contributed by atoms with E-state index in [1.165, 1.54) is 11.8 Å². The summed E-state index contributed by atoms with van der Waals surface area (Å²) in [6, 6.07) is -0.895. The van der Waals surface area contributed by atoms with E-state index in [-0.39, 0.29) is 5.75 Å². The Hall–Kier alpha value is -0.860. The largest absolute Gasteiger partial charge is 0.480 e. The van der Waals surface area contributed by atoms with Crippen LogP contribution < -0.4 is 5.32 Å². The van der Waals surface area contributed by atoms with Gasteiger partial charge in [0.25, 0.3) is 0 Å². The van der Waals surface area contributed by atoms with Crippen LogP contribution in [-0.4, -0.2) is 38.9 Å². The zero-order valence-electron chi connectivity index (χ0n) is 7.92. The quantitative estimate of drug-likeness (QED) is 0.712. The van der Waals surface area contributed by atoms with Crippen molar-refractivity contribution in [1.29, 1.82) is 0 Å². The first-order valence-electron chi connectivity index (χ1n) is 4.12. The molecule has 0 fully saturated rings. The van der Waals surface area contributed by atoms with Crippen molar-refractivity contribution >= 4 is 47.3 Å². The molecule has 0 aliphatic carbocycles. The SMILES string of the molecule is O=CNC(CSCc1nnsc1Cl)C(=O)O. The molecule has 1 heterocycles. The highest BCUT2D eigenvalue weighted by atomic mass is 35.5. The molecular formula is C7H8ClN3O3S2. The van der Waals surface area contributed by atoms with Crippen molar-refractivity contribution < 1.29 is 14.7 Å². The van der Waals surface area contributed by atoms with Gasteiger partial charge in [-0.1, -0.05) is 16.1 Å². The van der Waals surface area contributed by atoms with Crippen molar-refractivity contribution in [3.05, 3.63) is 10.0 Å². The molecule has 1 aromatic rings. The van der Waals surface area contributed by atoms with Gasteiger partial charge in [0.05, 0.1) is 0 Å². The fourth-order valence-corrected chi connectivity index (χ4v) is 2.61. The highest BCUT2D eigenvalue weighted by Crippen LogP contribution is 2.22. The van der Waals surface area contributed by atoms with Crippen LogP contribution in [0.1, 0.15) is 5.69 Å². The third kappa shape index (κ3) is 3.95. The summed E-state index contributed by atoms with van der Waals surface area (Å²) in [6.07, 6.45) is 0.372. The molecule has 0 spiro atoms. The molecule has 1 atom stereocenters. The number of carbonyl (C=O) groups is 2. The van der Waals surface area contributed by atoms with E-state index in [0.717, 1.165) is 11.5 Å². The summed E-state index contributed by atoms with van der Waals surface area (Å²) in [6.45, 7) is 0. The Bertz CT molecular complexity index is 374. The second-order valence-corrected chi connectivity index (χ2v) is 5.07. The van der Waals surface area contributed by atoms with Crippen molar-refractivity contribution in [2.75, 3.05) is 5.75 Å². The summed E-state index contributed by atoms with van der Waals surface area (Å²) in [4.78, 5) is 20.8. The van der Waals surface area contributed by atoms with Gasteiger partial charge < -0.3 is 10.4 Å².